The van der Waals surface area contributed by atoms with Gasteiger partial charge in [0.15, 0.2) is 11.5 Å². The lowest BCUT2D eigenvalue weighted by molar-refractivity contribution is -0.132. The molecule has 8 heteroatoms. The Kier molecular flexibility index (Phi) is 8.01. The van der Waals surface area contributed by atoms with E-state index in [1.807, 2.05) is 0 Å². The van der Waals surface area contributed by atoms with Crippen LogP contribution < -0.4 is 10.8 Å². The van der Waals surface area contributed by atoms with Crippen LogP contribution in [0.15, 0.2) is 40.8 Å². The molecule has 0 unspecified atom stereocenters. The first-order chi connectivity index (χ1) is 14.7. The van der Waals surface area contributed by atoms with Crippen molar-refractivity contribution in [3.05, 3.63) is 59.0 Å². The van der Waals surface area contributed by atoms with E-state index in [9.17, 15) is 14.4 Å². The lowest BCUT2D eigenvalue weighted by Gasteiger charge is -2.20. The molecule has 0 aliphatic rings. The van der Waals surface area contributed by atoms with Crippen molar-refractivity contribution >= 4 is 17.7 Å². The minimum Gasteiger partial charge on any atom is -0.443 e. The minimum atomic E-state index is -0.859. The quantitative estimate of drug-likeness (QED) is 0.386. The first-order valence-electron chi connectivity index (χ1n) is 9.41. The van der Waals surface area contributed by atoms with E-state index in [0.29, 0.717) is 16.9 Å². The van der Waals surface area contributed by atoms with Gasteiger partial charge in [0.2, 0.25) is 0 Å². The normalized spacial score (nSPS) is 10.8. The summed E-state index contributed by atoms with van der Waals surface area (Å²) in [5, 5.41) is 11.4. The summed E-state index contributed by atoms with van der Waals surface area (Å²) >= 11 is 0. The van der Waals surface area contributed by atoms with Crippen LogP contribution in [0.2, 0.25) is 0 Å². The van der Waals surface area contributed by atoms with Gasteiger partial charge in [0.05, 0.1) is 0 Å². The van der Waals surface area contributed by atoms with Crippen molar-refractivity contribution in [2.75, 3.05) is 14.1 Å². The topological polar surface area (TPSA) is 112 Å². The van der Waals surface area contributed by atoms with Gasteiger partial charge in [-0.1, -0.05) is 19.8 Å². The van der Waals surface area contributed by atoms with Gasteiger partial charge in [0, 0.05) is 25.2 Å². The average Bonchev–Trinajstić information content (AvgIpc) is 3.22. The molecule has 8 nitrogen and oxygen atoms in total. The molecule has 1 aromatic heterocycles. The lowest BCUT2D eigenvalue weighted by Crippen LogP contribution is -2.48. The molecule has 0 saturated heterocycles. The highest BCUT2D eigenvalue weighted by Gasteiger charge is 2.24. The van der Waals surface area contributed by atoms with Crippen molar-refractivity contribution in [1.29, 1.82) is 0 Å². The molecule has 0 aliphatic carbocycles. The third-order valence-electron chi connectivity index (χ3n) is 4.17. The van der Waals surface area contributed by atoms with Crippen molar-refractivity contribution in [3.63, 3.8) is 0 Å². The van der Waals surface area contributed by atoms with Crippen molar-refractivity contribution < 1.29 is 24.0 Å². The summed E-state index contributed by atoms with van der Waals surface area (Å²) in [5.74, 6) is 9.86. The van der Waals surface area contributed by atoms with Gasteiger partial charge < -0.3 is 14.6 Å². The number of hydrogen-bond donors (Lipinski definition) is 3. The Morgan fingerprint density at radius 3 is 2.23 bits per heavy atom. The second-order valence-corrected chi connectivity index (χ2v) is 7.11. The zero-order valence-electron chi connectivity index (χ0n) is 17.6. The first kappa shape index (κ1) is 23.3. The first-order valence-corrected chi connectivity index (χ1v) is 9.41. The van der Waals surface area contributed by atoms with Crippen molar-refractivity contribution in [2.24, 2.45) is 5.92 Å². The Balaban J connectivity index is 2.02. The van der Waals surface area contributed by atoms with Gasteiger partial charge >= 0.3 is 0 Å². The SMILES string of the molecule is CC(C)[C@H](NC(=O)c1ccc(C#CC#Cc2ccc(C(=O)N(C)C)o2)cc1)C(=O)NO. The Morgan fingerprint density at radius 1 is 1.00 bits per heavy atom. The molecule has 0 spiro atoms. The summed E-state index contributed by atoms with van der Waals surface area (Å²) in [4.78, 5) is 37.2. The molecule has 2 aromatic rings. The zero-order chi connectivity index (χ0) is 23.0. The molecule has 1 aromatic carbocycles. The maximum Gasteiger partial charge on any atom is 0.289 e. The minimum absolute atomic E-state index is 0.201. The molecular weight excluding hydrogens is 398 g/mol. The zero-order valence-corrected chi connectivity index (χ0v) is 17.6. The fourth-order valence-corrected chi connectivity index (χ4v) is 2.47. The summed E-state index contributed by atoms with van der Waals surface area (Å²) in [6.07, 6.45) is 0. The third-order valence-corrected chi connectivity index (χ3v) is 4.17. The van der Waals surface area contributed by atoms with E-state index in [1.165, 1.54) is 4.90 Å². The van der Waals surface area contributed by atoms with Crippen LogP contribution in [0, 0.1) is 29.6 Å². The maximum atomic E-state index is 12.3. The largest absolute Gasteiger partial charge is 0.443 e. The molecule has 1 atom stereocenters. The highest BCUT2D eigenvalue weighted by molar-refractivity contribution is 5.97. The standard InChI is InChI=1S/C23H23N3O5/c1-15(2)20(22(28)25-30)24-21(27)17-11-9-16(10-12-17)7-5-6-8-18-13-14-19(31-18)23(29)26(3)4/h9-15,20,30H,1-4H3,(H,24,27)(H,25,28)/t20-/m0/s1. The fraction of sp³-hybridized carbons (Fsp3) is 0.261. The molecule has 0 aliphatic heterocycles. The second-order valence-electron chi connectivity index (χ2n) is 7.11. The van der Waals surface area contributed by atoms with Gasteiger partial charge in [0.1, 0.15) is 6.04 Å². The summed E-state index contributed by atoms with van der Waals surface area (Å²) < 4.78 is 5.35. The summed E-state index contributed by atoms with van der Waals surface area (Å²) in [6, 6.07) is 8.75. The van der Waals surface area contributed by atoms with Crippen LogP contribution in [-0.2, 0) is 4.79 Å². The summed E-state index contributed by atoms with van der Waals surface area (Å²) in [5.41, 5.74) is 2.54. The predicted molar refractivity (Wildman–Crippen MR) is 113 cm³/mol. The van der Waals surface area contributed by atoms with Gasteiger partial charge in [-0.05, 0) is 60.1 Å². The van der Waals surface area contributed by atoms with Gasteiger partial charge in [0.25, 0.3) is 17.7 Å². The molecule has 0 bridgehead atoms. The molecule has 160 valence electrons. The number of amides is 3. The van der Waals surface area contributed by atoms with Crippen LogP contribution >= 0.6 is 0 Å². The van der Waals surface area contributed by atoms with Crippen LogP contribution in [0.1, 0.15) is 46.1 Å². The molecule has 31 heavy (non-hydrogen) atoms. The molecular formula is C23H23N3O5. The molecule has 1 heterocycles. The Labute approximate surface area is 180 Å². The third kappa shape index (κ3) is 6.49. The number of benzene rings is 1. The van der Waals surface area contributed by atoms with Crippen LogP contribution in [0.4, 0.5) is 0 Å². The molecule has 3 N–H and O–H groups in total. The van der Waals surface area contributed by atoms with Gasteiger partial charge in [-0.15, -0.1) is 0 Å². The Hall–Kier alpha value is -4.01. The molecule has 0 saturated carbocycles. The van der Waals surface area contributed by atoms with Gasteiger partial charge in [-0.2, -0.15) is 0 Å². The number of furan rings is 1. The van der Waals surface area contributed by atoms with E-state index in [0.717, 1.165) is 0 Å². The highest BCUT2D eigenvalue weighted by atomic mass is 16.5. The molecule has 0 fully saturated rings. The van der Waals surface area contributed by atoms with Gasteiger partial charge in [-0.3, -0.25) is 19.6 Å². The Morgan fingerprint density at radius 2 is 1.65 bits per heavy atom. The van der Waals surface area contributed by atoms with Gasteiger partial charge in [-0.25, -0.2) is 5.48 Å². The fourth-order valence-electron chi connectivity index (χ4n) is 2.47. The molecule has 0 radical (unpaired) electrons. The average molecular weight is 421 g/mol. The second kappa shape index (κ2) is 10.7. The predicted octanol–water partition coefficient (Wildman–Crippen LogP) is 1.64. The van der Waals surface area contributed by atoms with Crippen LogP contribution in [0.25, 0.3) is 0 Å². The Bertz CT molecular complexity index is 1080. The van der Waals surface area contributed by atoms with Crippen molar-refractivity contribution in [2.45, 2.75) is 19.9 Å². The number of nitrogens with zero attached hydrogens (tertiary/aromatic N) is 1. The van der Waals surface area contributed by atoms with E-state index in [4.69, 9.17) is 9.62 Å². The van der Waals surface area contributed by atoms with E-state index < -0.39 is 17.9 Å². The number of carbonyl (C=O) groups excluding carboxylic acids is 3. The van der Waals surface area contributed by atoms with E-state index in [-0.39, 0.29) is 17.6 Å². The molecule has 3 amide bonds. The van der Waals surface area contributed by atoms with Crippen molar-refractivity contribution in [1.82, 2.24) is 15.7 Å². The summed E-state index contributed by atoms with van der Waals surface area (Å²) in [7, 11) is 3.26. The number of rotatable bonds is 5. The maximum absolute atomic E-state index is 12.3. The van der Waals surface area contributed by atoms with E-state index in [1.54, 1.807) is 69.8 Å². The monoisotopic (exact) mass is 421 g/mol. The molecule has 2 rings (SSSR count). The summed E-state index contributed by atoms with van der Waals surface area (Å²) in [6.45, 7) is 3.51. The smallest absolute Gasteiger partial charge is 0.289 e. The van der Waals surface area contributed by atoms with E-state index >= 15 is 0 Å². The number of hydrogen-bond acceptors (Lipinski definition) is 5. The lowest BCUT2D eigenvalue weighted by atomic mass is 10.0. The number of carbonyl (C=O) groups is 3. The highest BCUT2D eigenvalue weighted by Crippen LogP contribution is 2.09. The number of hydroxylamine groups is 1. The van der Waals surface area contributed by atoms with Crippen LogP contribution in [0.5, 0.6) is 0 Å². The number of nitrogens with one attached hydrogen (secondary N) is 2. The van der Waals surface area contributed by atoms with Crippen LogP contribution in [-0.4, -0.2) is 48.0 Å². The van der Waals surface area contributed by atoms with Crippen LogP contribution in [0.3, 0.4) is 0 Å². The van der Waals surface area contributed by atoms with Crippen molar-refractivity contribution in [3.8, 4) is 23.7 Å². The van der Waals surface area contributed by atoms with E-state index in [2.05, 4.69) is 29.0 Å².